The number of carbonyl (C=O) groups excluding carboxylic acids is 2. The van der Waals surface area contributed by atoms with Gasteiger partial charge in [-0.05, 0) is 24.6 Å². The van der Waals surface area contributed by atoms with Gasteiger partial charge in [0, 0.05) is 20.2 Å². The molecule has 1 aromatic carbocycles. The van der Waals surface area contributed by atoms with Gasteiger partial charge in [-0.25, -0.2) is 4.39 Å². The molecule has 130 valence electrons. The van der Waals surface area contributed by atoms with E-state index in [1.807, 2.05) is 0 Å². The topological polar surface area (TPSA) is 84.7 Å². The van der Waals surface area contributed by atoms with E-state index in [1.54, 1.807) is 19.1 Å². The summed E-state index contributed by atoms with van der Waals surface area (Å²) in [5.74, 6) is -0.963. The van der Waals surface area contributed by atoms with Gasteiger partial charge >= 0.3 is 0 Å². The number of halogens is 2. The number of carbonyl (C=O) groups is 2. The molecule has 8 heteroatoms. The van der Waals surface area contributed by atoms with Gasteiger partial charge in [0.1, 0.15) is 11.9 Å². The van der Waals surface area contributed by atoms with E-state index in [9.17, 15) is 14.0 Å². The molecule has 1 aromatic rings. The summed E-state index contributed by atoms with van der Waals surface area (Å²) < 4.78 is 17.6. The fourth-order valence-corrected chi connectivity index (χ4v) is 1.86. The van der Waals surface area contributed by atoms with Crippen molar-refractivity contribution in [3.05, 3.63) is 35.6 Å². The highest BCUT2D eigenvalue weighted by atomic mass is 35.5. The van der Waals surface area contributed by atoms with Gasteiger partial charge in [0.2, 0.25) is 11.8 Å². The number of methoxy groups -OCH3 is 1. The standard InChI is InChI=1S/C15H22FN3O3.ClH/c1-3-19(15(21)13(17)10-22-2)9-14(20)18-8-11-4-6-12(16)7-5-11;/h4-7,13H,3,8-10,17H2,1-2H3,(H,18,20);1H. The minimum absolute atomic E-state index is 0. The molecule has 0 aliphatic heterocycles. The lowest BCUT2D eigenvalue weighted by molar-refractivity contribution is -0.137. The van der Waals surface area contributed by atoms with Crippen molar-refractivity contribution in [2.45, 2.75) is 19.5 Å². The molecule has 1 rings (SSSR count). The van der Waals surface area contributed by atoms with Crippen molar-refractivity contribution in [1.29, 1.82) is 0 Å². The third-order valence-corrected chi connectivity index (χ3v) is 3.09. The van der Waals surface area contributed by atoms with E-state index in [4.69, 9.17) is 10.5 Å². The van der Waals surface area contributed by atoms with Crippen molar-refractivity contribution in [3.8, 4) is 0 Å². The van der Waals surface area contributed by atoms with E-state index in [1.165, 1.54) is 24.1 Å². The summed E-state index contributed by atoms with van der Waals surface area (Å²) >= 11 is 0. The second-order valence-corrected chi connectivity index (χ2v) is 4.82. The van der Waals surface area contributed by atoms with Crippen molar-refractivity contribution in [3.63, 3.8) is 0 Å². The molecule has 0 fully saturated rings. The van der Waals surface area contributed by atoms with Crippen molar-refractivity contribution < 1.29 is 18.7 Å². The summed E-state index contributed by atoms with van der Waals surface area (Å²) in [6.45, 7) is 2.44. The second-order valence-electron chi connectivity index (χ2n) is 4.82. The minimum atomic E-state index is -0.783. The molecule has 1 unspecified atom stereocenters. The van der Waals surface area contributed by atoms with Crippen LogP contribution in [-0.2, 0) is 20.9 Å². The lowest BCUT2D eigenvalue weighted by atomic mass is 10.2. The van der Waals surface area contributed by atoms with Crippen molar-refractivity contribution in [2.24, 2.45) is 5.73 Å². The minimum Gasteiger partial charge on any atom is -0.383 e. The summed E-state index contributed by atoms with van der Waals surface area (Å²) in [6, 6.07) is 5.05. The number of nitrogens with zero attached hydrogens (tertiary/aromatic N) is 1. The van der Waals surface area contributed by atoms with Crippen molar-refractivity contribution >= 4 is 24.2 Å². The zero-order chi connectivity index (χ0) is 16.5. The van der Waals surface area contributed by atoms with E-state index in [-0.39, 0.29) is 49.7 Å². The van der Waals surface area contributed by atoms with Gasteiger partial charge in [0.05, 0.1) is 13.2 Å². The van der Waals surface area contributed by atoms with Gasteiger partial charge < -0.3 is 20.7 Å². The third-order valence-electron chi connectivity index (χ3n) is 3.09. The van der Waals surface area contributed by atoms with Crippen LogP contribution >= 0.6 is 12.4 Å². The first-order chi connectivity index (χ1) is 10.5. The molecular formula is C15H23ClFN3O3. The monoisotopic (exact) mass is 347 g/mol. The molecule has 0 aliphatic carbocycles. The third kappa shape index (κ3) is 7.40. The Morgan fingerprint density at radius 2 is 1.96 bits per heavy atom. The summed E-state index contributed by atoms with van der Waals surface area (Å²) in [7, 11) is 1.46. The molecule has 2 amide bonds. The molecular weight excluding hydrogens is 325 g/mol. The highest BCUT2D eigenvalue weighted by Crippen LogP contribution is 2.02. The van der Waals surface area contributed by atoms with Crippen molar-refractivity contribution in [1.82, 2.24) is 10.2 Å². The number of likely N-dealkylation sites (N-methyl/N-ethyl adjacent to an activating group) is 1. The molecule has 0 spiro atoms. The predicted octanol–water partition coefficient (Wildman–Crippen LogP) is 0.686. The van der Waals surface area contributed by atoms with Crippen LogP contribution in [0.4, 0.5) is 4.39 Å². The summed E-state index contributed by atoms with van der Waals surface area (Å²) in [6.07, 6.45) is 0. The van der Waals surface area contributed by atoms with Gasteiger partial charge in [-0.1, -0.05) is 12.1 Å². The highest BCUT2D eigenvalue weighted by Gasteiger charge is 2.21. The van der Waals surface area contributed by atoms with Gasteiger partial charge in [-0.3, -0.25) is 9.59 Å². The number of nitrogens with one attached hydrogen (secondary N) is 1. The van der Waals surface area contributed by atoms with Crippen molar-refractivity contribution in [2.75, 3.05) is 26.8 Å². The molecule has 6 nitrogen and oxygen atoms in total. The highest BCUT2D eigenvalue weighted by molar-refractivity contribution is 5.87. The lowest BCUT2D eigenvalue weighted by Crippen LogP contribution is -2.49. The van der Waals surface area contributed by atoms with Gasteiger partial charge in [-0.15, -0.1) is 12.4 Å². The van der Waals surface area contributed by atoms with Crippen LogP contribution in [0.25, 0.3) is 0 Å². The largest absolute Gasteiger partial charge is 0.383 e. The quantitative estimate of drug-likeness (QED) is 0.724. The van der Waals surface area contributed by atoms with E-state index >= 15 is 0 Å². The molecule has 23 heavy (non-hydrogen) atoms. The smallest absolute Gasteiger partial charge is 0.242 e. The van der Waals surface area contributed by atoms with Gasteiger partial charge in [0.25, 0.3) is 0 Å². The molecule has 1 atom stereocenters. The Hall–Kier alpha value is -1.70. The first-order valence-corrected chi connectivity index (χ1v) is 7.02. The van der Waals surface area contributed by atoms with Crippen LogP contribution in [0.15, 0.2) is 24.3 Å². The summed E-state index contributed by atoms with van der Waals surface area (Å²) in [5.41, 5.74) is 6.45. The number of nitrogens with two attached hydrogens (primary N) is 1. The van der Waals surface area contributed by atoms with Crippen LogP contribution in [0.3, 0.4) is 0 Å². The SMILES string of the molecule is CCN(CC(=O)NCc1ccc(F)cc1)C(=O)C(N)COC.Cl. The molecule has 0 radical (unpaired) electrons. The Balaban J connectivity index is 0.00000484. The van der Waals surface area contributed by atoms with E-state index in [2.05, 4.69) is 5.32 Å². The Morgan fingerprint density at radius 3 is 2.48 bits per heavy atom. The van der Waals surface area contributed by atoms with E-state index < -0.39 is 6.04 Å². The van der Waals surface area contributed by atoms with Crippen LogP contribution in [0.2, 0.25) is 0 Å². The zero-order valence-corrected chi connectivity index (χ0v) is 14.1. The molecule has 0 saturated carbocycles. The van der Waals surface area contributed by atoms with Crippen LogP contribution in [0.5, 0.6) is 0 Å². The molecule has 3 N–H and O–H groups in total. The maximum Gasteiger partial charge on any atom is 0.242 e. The number of hydrogen-bond acceptors (Lipinski definition) is 4. The van der Waals surface area contributed by atoms with Crippen LogP contribution in [-0.4, -0.2) is 49.6 Å². The second kappa shape index (κ2) is 10.9. The normalized spacial score (nSPS) is 11.3. The summed E-state index contributed by atoms with van der Waals surface area (Å²) in [4.78, 5) is 25.3. The lowest BCUT2D eigenvalue weighted by Gasteiger charge is -2.23. The zero-order valence-electron chi connectivity index (χ0n) is 13.3. The van der Waals surface area contributed by atoms with Crippen LogP contribution < -0.4 is 11.1 Å². The Bertz CT molecular complexity index is 499. The van der Waals surface area contributed by atoms with E-state index in [0.29, 0.717) is 6.54 Å². The average Bonchev–Trinajstić information content (AvgIpc) is 2.51. The Kier molecular flexibility index (Phi) is 10.1. The van der Waals surface area contributed by atoms with Crippen LogP contribution in [0, 0.1) is 5.82 Å². The van der Waals surface area contributed by atoms with E-state index in [0.717, 1.165) is 5.56 Å². The van der Waals surface area contributed by atoms with Crippen LogP contribution in [0.1, 0.15) is 12.5 Å². The maximum atomic E-state index is 12.8. The predicted molar refractivity (Wildman–Crippen MR) is 87.6 cm³/mol. The first kappa shape index (κ1) is 21.3. The number of amides is 2. The molecule has 0 heterocycles. The molecule has 0 aliphatic rings. The summed E-state index contributed by atoms with van der Waals surface area (Å²) in [5, 5.41) is 2.68. The molecule has 0 bridgehead atoms. The molecule has 0 aromatic heterocycles. The number of rotatable bonds is 8. The number of benzene rings is 1. The number of hydrogen-bond donors (Lipinski definition) is 2. The fourth-order valence-electron chi connectivity index (χ4n) is 1.86. The first-order valence-electron chi connectivity index (χ1n) is 7.02. The Morgan fingerprint density at radius 1 is 1.35 bits per heavy atom. The molecule has 0 saturated heterocycles. The van der Waals surface area contributed by atoms with Gasteiger partial charge in [0.15, 0.2) is 0 Å². The van der Waals surface area contributed by atoms with Gasteiger partial charge in [-0.2, -0.15) is 0 Å². The fraction of sp³-hybridized carbons (Fsp3) is 0.467. The Labute approximate surface area is 141 Å². The number of ether oxygens (including phenoxy) is 1. The maximum absolute atomic E-state index is 12.8. The average molecular weight is 348 g/mol.